The second-order valence-corrected chi connectivity index (χ2v) is 5.30. The molecule has 94 valence electrons. The van der Waals surface area contributed by atoms with Crippen LogP contribution in [0.15, 0.2) is 36.4 Å². The van der Waals surface area contributed by atoms with E-state index in [-0.39, 0.29) is 0 Å². The zero-order chi connectivity index (χ0) is 13.2. The minimum absolute atomic E-state index is 0.642. The first-order valence-corrected chi connectivity index (χ1v) is 6.78. The third kappa shape index (κ3) is 3.03. The van der Waals surface area contributed by atoms with Crippen molar-refractivity contribution in [1.29, 1.82) is 0 Å². The van der Waals surface area contributed by atoms with E-state index >= 15 is 0 Å². The van der Waals surface area contributed by atoms with Gasteiger partial charge in [0.1, 0.15) is 0 Å². The molecule has 1 aromatic carbocycles. The van der Waals surface area contributed by atoms with Crippen molar-refractivity contribution >= 4 is 0 Å². The summed E-state index contributed by atoms with van der Waals surface area (Å²) < 4.78 is 0. The van der Waals surface area contributed by atoms with Gasteiger partial charge in [0.2, 0.25) is 0 Å². The second-order valence-electron chi connectivity index (χ2n) is 5.30. The molecule has 0 atom stereocenters. The van der Waals surface area contributed by atoms with Crippen molar-refractivity contribution in [1.82, 2.24) is 4.98 Å². The van der Waals surface area contributed by atoms with Gasteiger partial charge in [0.15, 0.2) is 0 Å². The van der Waals surface area contributed by atoms with Gasteiger partial charge >= 0.3 is 0 Å². The maximum absolute atomic E-state index is 4.60. The number of nitrogens with zero attached hydrogens (tertiary/aromatic N) is 1. The van der Waals surface area contributed by atoms with Crippen LogP contribution in [0, 0.1) is 31.6 Å². The summed E-state index contributed by atoms with van der Waals surface area (Å²) in [6.45, 7) is 4.14. The van der Waals surface area contributed by atoms with Crippen LogP contribution in [-0.4, -0.2) is 4.98 Å². The highest BCUT2D eigenvalue weighted by Gasteiger charge is 2.17. The quantitative estimate of drug-likeness (QED) is 0.690. The molecule has 0 aliphatic heterocycles. The van der Waals surface area contributed by atoms with E-state index < -0.39 is 0 Å². The van der Waals surface area contributed by atoms with Crippen LogP contribution in [-0.2, 0) is 0 Å². The van der Waals surface area contributed by atoms with Gasteiger partial charge in [-0.3, -0.25) is 4.98 Å². The Labute approximate surface area is 114 Å². The maximum Gasteiger partial charge on any atom is 0.0708 e. The highest BCUT2D eigenvalue weighted by molar-refractivity contribution is 5.62. The minimum atomic E-state index is 0.642. The summed E-state index contributed by atoms with van der Waals surface area (Å²) in [4.78, 5) is 4.60. The molecule has 0 saturated heterocycles. The van der Waals surface area contributed by atoms with Crippen LogP contribution in [0.4, 0.5) is 0 Å². The summed E-state index contributed by atoms with van der Waals surface area (Å²) in [5.74, 6) is 7.21. The molecular formula is C18H17N. The van der Waals surface area contributed by atoms with Crippen molar-refractivity contribution in [3.63, 3.8) is 0 Å². The van der Waals surface area contributed by atoms with Gasteiger partial charge in [0, 0.05) is 22.7 Å². The molecule has 1 nitrogen and oxygen atoms in total. The fourth-order valence-corrected chi connectivity index (χ4v) is 2.16. The van der Waals surface area contributed by atoms with Gasteiger partial charge in [-0.1, -0.05) is 24.0 Å². The number of aromatic nitrogens is 1. The standard InChI is InChI=1S/C18H17N/c1-13-10-14(2)19-18(11-13)17-5-3-4-16(12-17)9-8-15-6-7-15/h3-5,10-12,15H,6-7H2,1-2H3. The van der Waals surface area contributed by atoms with Gasteiger partial charge in [-0.25, -0.2) is 0 Å². The fourth-order valence-electron chi connectivity index (χ4n) is 2.16. The summed E-state index contributed by atoms with van der Waals surface area (Å²) in [7, 11) is 0. The number of pyridine rings is 1. The Morgan fingerprint density at radius 3 is 2.68 bits per heavy atom. The van der Waals surface area contributed by atoms with Crippen molar-refractivity contribution < 1.29 is 0 Å². The van der Waals surface area contributed by atoms with Gasteiger partial charge in [-0.2, -0.15) is 0 Å². The molecule has 19 heavy (non-hydrogen) atoms. The van der Waals surface area contributed by atoms with Crippen LogP contribution in [0.25, 0.3) is 11.3 Å². The van der Waals surface area contributed by atoms with Crippen molar-refractivity contribution in [3.05, 3.63) is 53.2 Å². The van der Waals surface area contributed by atoms with E-state index in [0.717, 1.165) is 22.5 Å². The SMILES string of the molecule is Cc1cc(C)nc(-c2cccc(C#CC3CC3)c2)c1. The number of rotatable bonds is 1. The Morgan fingerprint density at radius 2 is 1.95 bits per heavy atom. The zero-order valence-corrected chi connectivity index (χ0v) is 11.4. The van der Waals surface area contributed by atoms with Gasteiger partial charge in [-0.15, -0.1) is 0 Å². The van der Waals surface area contributed by atoms with Crippen molar-refractivity contribution in [3.8, 4) is 23.1 Å². The number of hydrogen-bond donors (Lipinski definition) is 0. The Morgan fingerprint density at radius 1 is 1.11 bits per heavy atom. The Bertz CT molecular complexity index is 649. The van der Waals surface area contributed by atoms with E-state index in [9.17, 15) is 0 Å². The topological polar surface area (TPSA) is 12.9 Å². The van der Waals surface area contributed by atoms with Crippen LogP contribution >= 0.6 is 0 Å². The average molecular weight is 247 g/mol. The molecule has 0 unspecified atom stereocenters. The second kappa shape index (κ2) is 4.90. The summed E-state index contributed by atoms with van der Waals surface area (Å²) in [6.07, 6.45) is 2.54. The van der Waals surface area contributed by atoms with Gasteiger partial charge in [-0.05, 0) is 56.5 Å². The minimum Gasteiger partial charge on any atom is -0.253 e. The van der Waals surface area contributed by atoms with E-state index in [4.69, 9.17) is 0 Å². The highest BCUT2D eigenvalue weighted by Crippen LogP contribution is 2.27. The highest BCUT2D eigenvalue weighted by atomic mass is 14.7. The molecule has 2 aromatic rings. The van der Waals surface area contributed by atoms with Gasteiger partial charge in [0.25, 0.3) is 0 Å². The Hall–Kier alpha value is -2.07. The molecule has 0 radical (unpaired) electrons. The molecular weight excluding hydrogens is 230 g/mol. The van der Waals surface area contributed by atoms with E-state index in [1.807, 2.05) is 6.92 Å². The molecule has 0 spiro atoms. The summed E-state index contributed by atoms with van der Waals surface area (Å²) in [6, 6.07) is 12.6. The molecule has 1 aliphatic rings. The first kappa shape index (κ1) is 12.0. The van der Waals surface area contributed by atoms with Crippen molar-refractivity contribution in [2.24, 2.45) is 5.92 Å². The lowest BCUT2D eigenvalue weighted by Gasteiger charge is -2.04. The lowest BCUT2D eigenvalue weighted by molar-refractivity contribution is 1.18. The first-order valence-electron chi connectivity index (χ1n) is 6.78. The molecule has 1 aromatic heterocycles. The summed E-state index contributed by atoms with van der Waals surface area (Å²) >= 11 is 0. The third-order valence-corrected chi connectivity index (χ3v) is 3.25. The van der Waals surface area contributed by atoms with E-state index in [0.29, 0.717) is 5.92 Å². The van der Waals surface area contributed by atoms with E-state index in [2.05, 4.69) is 60.1 Å². The summed E-state index contributed by atoms with van der Waals surface area (Å²) in [5, 5.41) is 0. The molecule has 1 heterocycles. The van der Waals surface area contributed by atoms with Crippen LogP contribution in [0.1, 0.15) is 29.7 Å². The van der Waals surface area contributed by atoms with Crippen molar-refractivity contribution in [2.75, 3.05) is 0 Å². The monoisotopic (exact) mass is 247 g/mol. The van der Waals surface area contributed by atoms with Crippen LogP contribution < -0.4 is 0 Å². The largest absolute Gasteiger partial charge is 0.253 e. The smallest absolute Gasteiger partial charge is 0.0708 e. The van der Waals surface area contributed by atoms with Crippen LogP contribution in [0.3, 0.4) is 0 Å². The third-order valence-electron chi connectivity index (χ3n) is 3.25. The Kier molecular flexibility index (Phi) is 3.09. The van der Waals surface area contributed by atoms with Gasteiger partial charge < -0.3 is 0 Å². The molecule has 0 amide bonds. The Balaban J connectivity index is 1.96. The predicted octanol–water partition coefficient (Wildman–Crippen LogP) is 4.13. The molecule has 3 rings (SSSR count). The van der Waals surface area contributed by atoms with Crippen LogP contribution in [0.5, 0.6) is 0 Å². The van der Waals surface area contributed by atoms with E-state index in [1.165, 1.54) is 18.4 Å². The molecule has 0 bridgehead atoms. The molecule has 1 aliphatic carbocycles. The summed E-state index contributed by atoms with van der Waals surface area (Å²) in [5.41, 5.74) is 5.58. The zero-order valence-electron chi connectivity index (χ0n) is 11.4. The molecule has 1 fully saturated rings. The number of aryl methyl sites for hydroxylation is 2. The predicted molar refractivity (Wildman–Crippen MR) is 78.7 cm³/mol. The molecule has 1 heteroatoms. The lowest BCUT2D eigenvalue weighted by Crippen LogP contribution is -1.89. The number of hydrogen-bond acceptors (Lipinski definition) is 1. The lowest BCUT2D eigenvalue weighted by atomic mass is 10.1. The maximum atomic E-state index is 4.60. The number of benzene rings is 1. The normalized spacial score (nSPS) is 13.8. The average Bonchev–Trinajstić information content (AvgIpc) is 3.20. The molecule has 0 N–H and O–H groups in total. The van der Waals surface area contributed by atoms with Crippen LogP contribution in [0.2, 0.25) is 0 Å². The molecule has 1 saturated carbocycles. The van der Waals surface area contributed by atoms with Gasteiger partial charge in [0.05, 0.1) is 5.69 Å². The van der Waals surface area contributed by atoms with Crippen molar-refractivity contribution in [2.45, 2.75) is 26.7 Å². The fraction of sp³-hybridized carbons (Fsp3) is 0.278. The van der Waals surface area contributed by atoms with E-state index in [1.54, 1.807) is 0 Å². The first-order chi connectivity index (χ1) is 9.20.